The fourth-order valence-corrected chi connectivity index (χ4v) is 3.30. The first kappa shape index (κ1) is 23.9. The first-order valence-electron chi connectivity index (χ1n) is 9.87. The number of amides is 4. The third-order valence-corrected chi connectivity index (χ3v) is 5.16. The molecule has 1 fully saturated rings. The van der Waals surface area contributed by atoms with E-state index in [2.05, 4.69) is 0 Å². The number of halogens is 3. The van der Waals surface area contributed by atoms with Gasteiger partial charge in [0.1, 0.15) is 11.5 Å². The lowest BCUT2D eigenvalue weighted by Crippen LogP contribution is -2.69. The number of rotatable bonds is 8. The molecule has 33 heavy (non-hydrogen) atoms. The molecule has 1 saturated heterocycles. The second-order valence-electron chi connectivity index (χ2n) is 7.31. The minimum Gasteiger partial charge on any atom is -0.497 e. The zero-order valence-corrected chi connectivity index (χ0v) is 17.9. The minimum absolute atomic E-state index is 0.126. The largest absolute Gasteiger partial charge is 0.497 e. The van der Waals surface area contributed by atoms with Gasteiger partial charge in [0.05, 0.1) is 20.8 Å². The van der Waals surface area contributed by atoms with E-state index in [0.717, 1.165) is 0 Å². The van der Waals surface area contributed by atoms with Crippen LogP contribution in [0.3, 0.4) is 0 Å². The van der Waals surface area contributed by atoms with Gasteiger partial charge in [-0.2, -0.15) is 13.2 Å². The number of benzene rings is 2. The smallest absolute Gasteiger partial charge is 0.440 e. The van der Waals surface area contributed by atoms with Crippen LogP contribution in [0.15, 0.2) is 48.5 Å². The lowest BCUT2D eigenvalue weighted by molar-refractivity contribution is -0.204. The van der Waals surface area contributed by atoms with Gasteiger partial charge in [0, 0.05) is 6.42 Å². The lowest BCUT2D eigenvalue weighted by atomic mass is 10.1. The van der Waals surface area contributed by atoms with E-state index in [1.165, 1.54) is 26.4 Å². The summed E-state index contributed by atoms with van der Waals surface area (Å²) >= 11 is 0. The second kappa shape index (κ2) is 9.39. The Morgan fingerprint density at radius 3 is 1.97 bits per heavy atom. The van der Waals surface area contributed by atoms with Gasteiger partial charge in [-0.3, -0.25) is 19.8 Å². The molecular weight excluding hydrogens is 443 g/mol. The molecule has 1 heterocycles. The number of nitrogens with one attached hydrogen (secondary N) is 2. The van der Waals surface area contributed by atoms with Gasteiger partial charge >= 0.3 is 12.2 Å². The number of carbonyl (C=O) groups excluding carboxylic acids is 3. The van der Waals surface area contributed by atoms with Crippen LogP contribution in [0.25, 0.3) is 0 Å². The average Bonchev–Trinajstić information content (AvgIpc) is 3.03. The Labute approximate surface area is 187 Å². The number of hydrogen-bond acceptors (Lipinski definition) is 5. The third kappa shape index (κ3) is 5.02. The van der Waals surface area contributed by atoms with E-state index in [4.69, 9.17) is 9.47 Å². The highest BCUT2D eigenvalue weighted by molar-refractivity contribution is 6.08. The van der Waals surface area contributed by atoms with E-state index in [1.807, 2.05) is 0 Å². The molecule has 1 aliphatic rings. The summed E-state index contributed by atoms with van der Waals surface area (Å²) in [4.78, 5) is 37.8. The van der Waals surface area contributed by atoms with Crippen molar-refractivity contribution in [3.05, 3.63) is 59.7 Å². The molecule has 0 aromatic heterocycles. The average molecular weight is 465 g/mol. The molecule has 8 nitrogen and oxygen atoms in total. The molecule has 0 bridgehead atoms. The fourth-order valence-electron chi connectivity index (χ4n) is 3.30. The summed E-state index contributed by atoms with van der Waals surface area (Å²) in [5.41, 5.74) is -2.44. The van der Waals surface area contributed by atoms with Gasteiger partial charge in [-0.15, -0.1) is 0 Å². The highest BCUT2D eigenvalue weighted by atomic mass is 19.4. The monoisotopic (exact) mass is 465 g/mol. The summed E-state index contributed by atoms with van der Waals surface area (Å²) in [7, 11) is 2.94. The number of urea groups is 1. The Bertz CT molecular complexity index is 1030. The van der Waals surface area contributed by atoms with Gasteiger partial charge in [-0.25, -0.2) is 4.79 Å². The molecule has 4 amide bonds. The van der Waals surface area contributed by atoms with Gasteiger partial charge in [-0.05, 0) is 41.8 Å². The SMILES string of the molecule is COc1ccc(CCC(=O)N[C@@]2(C(F)(F)F)NC(=O)N(Cc3ccc(OC)cc3)C2=O)cc1. The van der Waals surface area contributed by atoms with Gasteiger partial charge in [0.2, 0.25) is 5.91 Å². The second-order valence-corrected chi connectivity index (χ2v) is 7.31. The minimum atomic E-state index is -5.26. The van der Waals surface area contributed by atoms with Crippen molar-refractivity contribution in [3.63, 3.8) is 0 Å². The molecule has 1 aliphatic heterocycles. The van der Waals surface area contributed by atoms with Crippen LogP contribution >= 0.6 is 0 Å². The van der Waals surface area contributed by atoms with Crippen molar-refractivity contribution in [2.45, 2.75) is 31.2 Å². The van der Waals surface area contributed by atoms with Gasteiger partial charge < -0.3 is 14.8 Å². The molecular formula is C22H22F3N3O5. The lowest BCUT2D eigenvalue weighted by Gasteiger charge is -2.30. The molecule has 2 aromatic rings. The highest BCUT2D eigenvalue weighted by Gasteiger charge is 2.68. The number of hydrogen-bond donors (Lipinski definition) is 2. The Hall–Kier alpha value is -3.76. The van der Waals surface area contributed by atoms with E-state index in [1.54, 1.807) is 47.0 Å². The van der Waals surface area contributed by atoms with Crippen molar-refractivity contribution in [2.24, 2.45) is 0 Å². The van der Waals surface area contributed by atoms with Crippen molar-refractivity contribution in [2.75, 3.05) is 14.2 Å². The Morgan fingerprint density at radius 2 is 1.48 bits per heavy atom. The van der Waals surface area contributed by atoms with Crippen molar-refractivity contribution >= 4 is 17.8 Å². The third-order valence-electron chi connectivity index (χ3n) is 5.16. The molecule has 176 valence electrons. The predicted molar refractivity (Wildman–Crippen MR) is 110 cm³/mol. The van der Waals surface area contributed by atoms with Crippen LogP contribution in [-0.2, 0) is 22.6 Å². The number of alkyl halides is 3. The summed E-state index contributed by atoms with van der Waals surface area (Å²) < 4.78 is 51.9. The number of carbonyl (C=O) groups is 3. The number of nitrogens with zero attached hydrogens (tertiary/aromatic N) is 1. The van der Waals surface area contributed by atoms with Crippen LogP contribution < -0.4 is 20.1 Å². The number of methoxy groups -OCH3 is 2. The van der Waals surface area contributed by atoms with Crippen LogP contribution in [0.4, 0.5) is 18.0 Å². The van der Waals surface area contributed by atoms with Crippen LogP contribution in [0.1, 0.15) is 17.5 Å². The molecule has 3 rings (SSSR count). The van der Waals surface area contributed by atoms with Crippen LogP contribution in [0, 0.1) is 0 Å². The van der Waals surface area contributed by atoms with Gasteiger partial charge in [0.15, 0.2) is 0 Å². The summed E-state index contributed by atoms with van der Waals surface area (Å²) in [5.74, 6) is -1.54. The first-order valence-corrected chi connectivity index (χ1v) is 9.87. The van der Waals surface area contributed by atoms with Gasteiger partial charge in [0.25, 0.3) is 11.6 Å². The van der Waals surface area contributed by atoms with E-state index >= 15 is 0 Å². The quantitative estimate of drug-likeness (QED) is 0.585. The van der Waals surface area contributed by atoms with E-state index in [0.29, 0.717) is 27.5 Å². The Morgan fingerprint density at radius 1 is 0.970 bits per heavy atom. The number of ether oxygens (including phenoxy) is 2. The van der Waals surface area contributed by atoms with Crippen LogP contribution in [0.5, 0.6) is 11.5 Å². The highest BCUT2D eigenvalue weighted by Crippen LogP contribution is 2.34. The predicted octanol–water partition coefficient (Wildman–Crippen LogP) is 2.76. The van der Waals surface area contributed by atoms with Crippen molar-refractivity contribution in [1.82, 2.24) is 15.5 Å². The summed E-state index contributed by atoms with van der Waals surface area (Å²) in [6, 6.07) is 11.5. The molecule has 1 atom stereocenters. The first-order chi connectivity index (χ1) is 15.6. The zero-order valence-electron chi connectivity index (χ0n) is 17.9. The van der Waals surface area contributed by atoms with E-state index in [9.17, 15) is 27.6 Å². The zero-order chi connectivity index (χ0) is 24.2. The molecule has 0 spiro atoms. The van der Waals surface area contributed by atoms with Crippen molar-refractivity contribution in [1.29, 1.82) is 0 Å². The van der Waals surface area contributed by atoms with Crippen molar-refractivity contribution in [3.8, 4) is 11.5 Å². The number of aryl methyl sites for hydroxylation is 1. The molecule has 0 aliphatic carbocycles. The maximum Gasteiger partial charge on any atom is 0.440 e. The molecule has 2 N–H and O–H groups in total. The summed E-state index contributed by atoms with van der Waals surface area (Å²) in [5, 5.41) is 3.34. The maximum absolute atomic E-state index is 14.0. The molecule has 0 unspecified atom stereocenters. The van der Waals surface area contributed by atoms with E-state index < -0.39 is 36.2 Å². The Balaban J connectivity index is 1.73. The normalized spacial score (nSPS) is 18.2. The Kier molecular flexibility index (Phi) is 6.80. The van der Waals surface area contributed by atoms with Crippen molar-refractivity contribution < 1.29 is 37.0 Å². The van der Waals surface area contributed by atoms with Crippen LogP contribution in [0.2, 0.25) is 0 Å². The fraction of sp³-hybridized carbons (Fsp3) is 0.318. The topological polar surface area (TPSA) is 97.0 Å². The molecule has 11 heteroatoms. The standard InChI is InChI=1S/C22H22F3N3O5/c1-32-16-8-3-14(4-9-16)7-12-18(29)26-21(22(23,24)25)19(30)28(20(31)27-21)13-15-5-10-17(33-2)11-6-15/h3-6,8-11H,7,12-13H2,1-2H3,(H,26,29)(H,27,31)/t21-/m1/s1. The van der Waals surface area contributed by atoms with Gasteiger partial charge in [-0.1, -0.05) is 24.3 Å². The molecule has 0 radical (unpaired) electrons. The van der Waals surface area contributed by atoms with E-state index in [-0.39, 0.29) is 12.8 Å². The maximum atomic E-state index is 14.0. The summed E-state index contributed by atoms with van der Waals surface area (Å²) in [6.45, 7) is -0.409. The molecule has 2 aromatic carbocycles. The summed E-state index contributed by atoms with van der Waals surface area (Å²) in [6.07, 6.45) is -5.46. The van der Waals surface area contributed by atoms with Crippen LogP contribution in [-0.4, -0.2) is 48.8 Å². The number of imide groups is 1. The molecule has 0 saturated carbocycles.